The molecule has 7 heteroatoms. The number of anilines is 1. The molecule has 1 saturated heterocycles. The molecule has 1 unspecified atom stereocenters. The van der Waals surface area contributed by atoms with Gasteiger partial charge in [0, 0.05) is 19.2 Å². The molecule has 1 fully saturated rings. The molecule has 0 spiro atoms. The average molecular weight is 335 g/mol. The highest BCUT2D eigenvalue weighted by molar-refractivity contribution is 7.93. The van der Waals surface area contributed by atoms with Gasteiger partial charge in [-0.25, -0.2) is 8.42 Å². The molecule has 2 heterocycles. The lowest BCUT2D eigenvalue weighted by molar-refractivity contribution is 0.368. The molecule has 124 valence electrons. The highest BCUT2D eigenvalue weighted by atomic mass is 32.2. The fourth-order valence-electron chi connectivity index (χ4n) is 2.76. The van der Waals surface area contributed by atoms with Gasteiger partial charge in [-0.15, -0.1) is 0 Å². The van der Waals surface area contributed by atoms with E-state index >= 15 is 0 Å². The van der Waals surface area contributed by atoms with Gasteiger partial charge in [-0.3, -0.25) is 4.31 Å². The van der Waals surface area contributed by atoms with Crippen LogP contribution in [0.3, 0.4) is 0 Å². The predicted octanol–water partition coefficient (Wildman–Crippen LogP) is 1.94. The summed E-state index contributed by atoms with van der Waals surface area (Å²) in [5.41, 5.74) is 1.64. The molecule has 1 aromatic heterocycles. The zero-order valence-corrected chi connectivity index (χ0v) is 13.9. The number of rotatable bonds is 6. The number of aromatic nitrogens is 1. The number of hydrogen-bond donors (Lipinski definition) is 1. The van der Waals surface area contributed by atoms with E-state index in [1.54, 1.807) is 0 Å². The normalized spacial score (nSPS) is 20.0. The zero-order valence-electron chi connectivity index (χ0n) is 13.1. The second-order valence-corrected chi connectivity index (χ2v) is 7.77. The van der Waals surface area contributed by atoms with Crippen molar-refractivity contribution in [2.24, 2.45) is 0 Å². The van der Waals surface area contributed by atoms with Crippen molar-refractivity contribution in [2.45, 2.75) is 31.6 Å². The Morgan fingerprint density at radius 2 is 2.13 bits per heavy atom. The summed E-state index contributed by atoms with van der Waals surface area (Å²) in [7, 11) is -3.31. The van der Waals surface area contributed by atoms with Gasteiger partial charge in [0.05, 0.1) is 23.2 Å². The Kier molecular flexibility index (Phi) is 4.68. The SMILES string of the molecule is CCc1cc(CNCC2CCN(c3ccccc3)S2(=O)=O)on1. The summed E-state index contributed by atoms with van der Waals surface area (Å²) in [6.45, 7) is 3.44. The van der Waals surface area contributed by atoms with Crippen molar-refractivity contribution in [1.82, 2.24) is 10.5 Å². The first-order valence-corrected chi connectivity index (χ1v) is 9.33. The van der Waals surface area contributed by atoms with Gasteiger partial charge in [0.1, 0.15) is 0 Å². The molecule has 3 rings (SSSR count). The first-order chi connectivity index (χ1) is 11.1. The summed E-state index contributed by atoms with van der Waals surface area (Å²) >= 11 is 0. The Balaban J connectivity index is 1.59. The molecular weight excluding hydrogens is 314 g/mol. The minimum atomic E-state index is -3.31. The van der Waals surface area contributed by atoms with Gasteiger partial charge in [-0.1, -0.05) is 30.3 Å². The highest BCUT2D eigenvalue weighted by Crippen LogP contribution is 2.28. The minimum absolute atomic E-state index is 0.406. The van der Waals surface area contributed by atoms with Crippen molar-refractivity contribution in [3.05, 3.63) is 47.9 Å². The van der Waals surface area contributed by atoms with Gasteiger partial charge in [-0.2, -0.15) is 0 Å². The maximum atomic E-state index is 12.6. The molecule has 1 aliphatic heterocycles. The Hall–Kier alpha value is -1.86. The summed E-state index contributed by atoms with van der Waals surface area (Å²) in [6, 6.07) is 11.1. The standard InChI is InChI=1S/C16H21N3O3S/c1-2-13-10-15(22-18-13)11-17-12-16-8-9-19(23(16,20)21)14-6-4-3-5-7-14/h3-7,10,16-17H,2,8-9,11-12H2,1H3. The molecule has 2 aromatic rings. The lowest BCUT2D eigenvalue weighted by Gasteiger charge is -2.19. The van der Waals surface area contributed by atoms with E-state index in [2.05, 4.69) is 10.5 Å². The maximum absolute atomic E-state index is 12.6. The molecule has 0 saturated carbocycles. The molecule has 0 aliphatic carbocycles. The fraction of sp³-hybridized carbons (Fsp3) is 0.438. The van der Waals surface area contributed by atoms with Crippen LogP contribution in [-0.4, -0.2) is 31.9 Å². The van der Waals surface area contributed by atoms with Crippen LogP contribution in [0.15, 0.2) is 40.9 Å². The van der Waals surface area contributed by atoms with Crippen LogP contribution in [0, 0.1) is 0 Å². The van der Waals surface area contributed by atoms with Gasteiger partial charge in [0.15, 0.2) is 5.76 Å². The number of para-hydroxylation sites is 1. The van der Waals surface area contributed by atoms with Crippen molar-refractivity contribution in [3.8, 4) is 0 Å². The van der Waals surface area contributed by atoms with Gasteiger partial charge >= 0.3 is 0 Å². The highest BCUT2D eigenvalue weighted by Gasteiger charge is 2.38. The molecule has 6 nitrogen and oxygen atoms in total. The van der Waals surface area contributed by atoms with Gasteiger partial charge < -0.3 is 9.84 Å². The third kappa shape index (κ3) is 3.40. The van der Waals surface area contributed by atoms with E-state index in [0.29, 0.717) is 26.1 Å². The zero-order chi connectivity index (χ0) is 16.3. The molecule has 1 aromatic carbocycles. The van der Waals surface area contributed by atoms with E-state index < -0.39 is 15.3 Å². The number of nitrogens with one attached hydrogen (secondary N) is 1. The fourth-order valence-corrected chi connectivity index (χ4v) is 4.62. The van der Waals surface area contributed by atoms with Crippen LogP contribution in [-0.2, 0) is 23.0 Å². The van der Waals surface area contributed by atoms with Crippen molar-refractivity contribution >= 4 is 15.7 Å². The molecule has 23 heavy (non-hydrogen) atoms. The van der Waals surface area contributed by atoms with Gasteiger partial charge in [0.2, 0.25) is 10.0 Å². The van der Waals surface area contributed by atoms with Crippen molar-refractivity contribution in [1.29, 1.82) is 0 Å². The van der Waals surface area contributed by atoms with Crippen molar-refractivity contribution in [2.75, 3.05) is 17.4 Å². The van der Waals surface area contributed by atoms with E-state index in [1.165, 1.54) is 4.31 Å². The smallest absolute Gasteiger partial charge is 0.239 e. The van der Waals surface area contributed by atoms with E-state index in [9.17, 15) is 8.42 Å². The lowest BCUT2D eigenvalue weighted by atomic mass is 10.2. The molecule has 1 N–H and O–H groups in total. The van der Waals surface area contributed by atoms with Crippen LogP contribution >= 0.6 is 0 Å². The summed E-state index contributed by atoms with van der Waals surface area (Å²) in [5.74, 6) is 0.733. The topological polar surface area (TPSA) is 75.4 Å². The number of benzene rings is 1. The predicted molar refractivity (Wildman–Crippen MR) is 88.7 cm³/mol. The Labute approximate surface area is 136 Å². The van der Waals surface area contributed by atoms with E-state index in [-0.39, 0.29) is 0 Å². The van der Waals surface area contributed by atoms with E-state index in [1.807, 2.05) is 43.3 Å². The van der Waals surface area contributed by atoms with Crippen LogP contribution in [0.25, 0.3) is 0 Å². The average Bonchev–Trinajstić information content (AvgIpc) is 3.13. The van der Waals surface area contributed by atoms with Crippen LogP contribution in [0.4, 0.5) is 5.69 Å². The summed E-state index contributed by atoms with van der Waals surface area (Å²) in [6.07, 6.45) is 1.45. The number of nitrogens with zero attached hydrogens (tertiary/aromatic N) is 2. The second kappa shape index (κ2) is 6.72. The third-order valence-corrected chi connectivity index (χ3v) is 6.32. The van der Waals surface area contributed by atoms with Gasteiger partial charge in [-0.05, 0) is 25.0 Å². The minimum Gasteiger partial charge on any atom is -0.360 e. The Morgan fingerprint density at radius 3 is 2.83 bits per heavy atom. The Morgan fingerprint density at radius 1 is 1.35 bits per heavy atom. The number of aryl methyl sites for hydroxylation is 1. The van der Waals surface area contributed by atoms with E-state index in [0.717, 1.165) is 23.6 Å². The third-order valence-electron chi connectivity index (χ3n) is 4.07. The molecule has 0 radical (unpaired) electrons. The second-order valence-electron chi connectivity index (χ2n) is 5.63. The van der Waals surface area contributed by atoms with Crippen LogP contribution in [0.5, 0.6) is 0 Å². The first kappa shape index (κ1) is 16.0. The lowest BCUT2D eigenvalue weighted by Crippen LogP contribution is -2.35. The monoisotopic (exact) mass is 335 g/mol. The molecule has 1 aliphatic rings. The summed E-state index contributed by atoms with van der Waals surface area (Å²) in [4.78, 5) is 0. The summed E-state index contributed by atoms with van der Waals surface area (Å²) in [5, 5.41) is 6.69. The van der Waals surface area contributed by atoms with Crippen molar-refractivity contribution in [3.63, 3.8) is 0 Å². The number of sulfonamides is 1. The maximum Gasteiger partial charge on any atom is 0.239 e. The largest absolute Gasteiger partial charge is 0.360 e. The molecule has 0 bridgehead atoms. The van der Waals surface area contributed by atoms with Crippen LogP contribution in [0.1, 0.15) is 24.8 Å². The molecule has 1 atom stereocenters. The van der Waals surface area contributed by atoms with Crippen LogP contribution < -0.4 is 9.62 Å². The van der Waals surface area contributed by atoms with E-state index in [4.69, 9.17) is 4.52 Å². The first-order valence-electron chi connectivity index (χ1n) is 7.83. The summed E-state index contributed by atoms with van der Waals surface area (Å²) < 4.78 is 32.0. The van der Waals surface area contributed by atoms with Crippen molar-refractivity contribution < 1.29 is 12.9 Å². The molecule has 0 amide bonds. The number of hydrogen-bond acceptors (Lipinski definition) is 5. The van der Waals surface area contributed by atoms with Gasteiger partial charge in [0.25, 0.3) is 0 Å². The quantitative estimate of drug-likeness (QED) is 0.873. The Bertz CT molecular complexity index is 743. The molecular formula is C16H21N3O3S. The van der Waals surface area contributed by atoms with Crippen LogP contribution in [0.2, 0.25) is 0 Å².